The summed E-state index contributed by atoms with van der Waals surface area (Å²) in [5.74, 6) is 0.213. The van der Waals surface area contributed by atoms with Crippen molar-refractivity contribution in [2.24, 2.45) is 0 Å². The fraction of sp³-hybridized carbons (Fsp3) is 0.244. The van der Waals surface area contributed by atoms with E-state index >= 15 is 0 Å². The first-order valence-corrected chi connectivity index (χ1v) is 17.1. The van der Waals surface area contributed by atoms with Crippen molar-refractivity contribution in [2.75, 3.05) is 0 Å². The molecular formula is C45H44N3OPt-. The molecule has 4 aromatic carbocycles. The maximum atomic E-state index is 11.1. The maximum Gasteiger partial charge on any atom is 0.139 e. The molecule has 0 atom stereocenters. The molecule has 1 N–H and O–H groups in total. The van der Waals surface area contributed by atoms with E-state index in [1.165, 1.54) is 11.1 Å². The van der Waals surface area contributed by atoms with E-state index in [-0.39, 0.29) is 37.6 Å². The average molecular weight is 838 g/mol. The molecule has 3 aromatic heterocycles. The minimum Gasteiger partial charge on any atom is -0.506 e. The standard InChI is InChI=1S/C45H44N3O.Pt/c1-43(2,3)32-21-22-37-34(27-32)35-28-36(44(4,5)6)41(47-42(35)48(37)38-19-12-13-20-39(38)49)31-17-14-18-33(25-31)45(7,8)40-26-30(23-24-46-40)29-15-10-9-11-16-29;/h9-24,26-28,49H,1-8H3;/q-1;. The molecule has 4 nitrogen and oxygen atoms in total. The third-order valence-corrected chi connectivity index (χ3v) is 9.77. The van der Waals surface area contributed by atoms with Crippen LogP contribution in [0.3, 0.4) is 0 Å². The fourth-order valence-electron chi connectivity index (χ4n) is 6.77. The van der Waals surface area contributed by atoms with Gasteiger partial charge in [-0.05, 0) is 69.6 Å². The van der Waals surface area contributed by atoms with Crippen LogP contribution < -0.4 is 0 Å². The summed E-state index contributed by atoms with van der Waals surface area (Å²) in [5.41, 5.74) is 10.4. The zero-order chi connectivity index (χ0) is 34.7. The molecule has 0 aliphatic carbocycles. The molecular weight excluding hydrogens is 794 g/mol. The van der Waals surface area contributed by atoms with Gasteiger partial charge in [0.2, 0.25) is 0 Å². The Balaban J connectivity index is 0.00000432. The first kappa shape index (κ1) is 35.3. The first-order valence-electron chi connectivity index (χ1n) is 17.1. The van der Waals surface area contributed by atoms with Crippen LogP contribution in [0.25, 0.3) is 50.0 Å². The van der Waals surface area contributed by atoms with Crippen molar-refractivity contribution in [1.29, 1.82) is 0 Å². The monoisotopic (exact) mass is 837 g/mol. The van der Waals surface area contributed by atoms with Crippen LogP contribution in [0.5, 0.6) is 5.75 Å². The summed E-state index contributed by atoms with van der Waals surface area (Å²) in [6, 6.07) is 41.4. The molecule has 0 amide bonds. The molecule has 0 saturated carbocycles. The molecule has 0 spiro atoms. The van der Waals surface area contributed by atoms with Crippen LogP contribution in [-0.2, 0) is 37.3 Å². The van der Waals surface area contributed by atoms with E-state index in [2.05, 4.69) is 145 Å². The molecule has 0 fully saturated rings. The van der Waals surface area contributed by atoms with E-state index in [1.54, 1.807) is 6.07 Å². The molecule has 0 bridgehead atoms. The third-order valence-electron chi connectivity index (χ3n) is 9.77. The van der Waals surface area contributed by atoms with E-state index in [0.717, 1.165) is 55.6 Å². The molecule has 0 unspecified atom stereocenters. The van der Waals surface area contributed by atoms with Gasteiger partial charge in [0.05, 0.1) is 11.2 Å². The molecule has 7 aromatic rings. The van der Waals surface area contributed by atoms with Gasteiger partial charge in [-0.25, -0.2) is 0 Å². The van der Waals surface area contributed by atoms with Crippen molar-refractivity contribution < 1.29 is 26.2 Å². The second kappa shape index (κ2) is 13.0. The number of phenols is 1. The van der Waals surface area contributed by atoms with Gasteiger partial charge in [-0.1, -0.05) is 116 Å². The average Bonchev–Trinajstić information content (AvgIpc) is 3.40. The van der Waals surface area contributed by atoms with Crippen molar-refractivity contribution in [2.45, 2.75) is 71.6 Å². The van der Waals surface area contributed by atoms with Crippen LogP contribution in [0.15, 0.2) is 115 Å². The van der Waals surface area contributed by atoms with Crippen LogP contribution in [-0.4, -0.2) is 19.6 Å². The number of aromatic nitrogens is 3. The Morgan fingerprint density at radius 3 is 2.08 bits per heavy atom. The molecule has 7 rings (SSSR count). The summed E-state index contributed by atoms with van der Waals surface area (Å²) in [5, 5.41) is 13.3. The second-order valence-corrected chi connectivity index (χ2v) is 15.7. The van der Waals surface area contributed by atoms with Gasteiger partial charge in [0, 0.05) is 49.1 Å². The summed E-state index contributed by atoms with van der Waals surface area (Å²) in [4.78, 5) is 10.4. The summed E-state index contributed by atoms with van der Waals surface area (Å²) >= 11 is 0. The van der Waals surface area contributed by atoms with Crippen LogP contribution >= 0.6 is 0 Å². The number of benzene rings is 4. The molecule has 0 aliphatic rings. The number of rotatable bonds is 5. The molecule has 50 heavy (non-hydrogen) atoms. The van der Waals surface area contributed by atoms with E-state index < -0.39 is 5.41 Å². The zero-order valence-corrected chi connectivity index (χ0v) is 32.3. The second-order valence-electron chi connectivity index (χ2n) is 15.7. The van der Waals surface area contributed by atoms with E-state index in [4.69, 9.17) is 9.97 Å². The Labute approximate surface area is 310 Å². The Morgan fingerprint density at radius 2 is 1.38 bits per heavy atom. The Kier molecular flexibility index (Phi) is 9.16. The van der Waals surface area contributed by atoms with Crippen LogP contribution in [0.4, 0.5) is 0 Å². The zero-order valence-electron chi connectivity index (χ0n) is 30.1. The number of hydrogen-bond donors (Lipinski definition) is 1. The van der Waals surface area contributed by atoms with Crippen molar-refractivity contribution >= 4 is 21.9 Å². The molecule has 0 saturated heterocycles. The Morgan fingerprint density at radius 1 is 0.660 bits per heavy atom. The first-order chi connectivity index (χ1) is 23.2. The minimum atomic E-state index is -0.416. The predicted molar refractivity (Wildman–Crippen MR) is 204 cm³/mol. The van der Waals surface area contributed by atoms with Crippen molar-refractivity contribution in [1.82, 2.24) is 14.5 Å². The van der Waals surface area contributed by atoms with Crippen molar-refractivity contribution in [3.05, 3.63) is 144 Å². The minimum absolute atomic E-state index is 0. The van der Waals surface area contributed by atoms with Gasteiger partial charge in [-0.3, -0.25) is 14.5 Å². The number of pyridine rings is 2. The van der Waals surface area contributed by atoms with Gasteiger partial charge in [-0.15, -0.1) is 35.4 Å². The molecule has 5 heteroatoms. The van der Waals surface area contributed by atoms with Gasteiger partial charge in [-0.2, -0.15) is 0 Å². The number of fused-ring (bicyclic) bond motifs is 3. The normalized spacial score (nSPS) is 12.3. The summed E-state index contributed by atoms with van der Waals surface area (Å²) in [7, 11) is 0. The Hall–Kier alpha value is -4.53. The van der Waals surface area contributed by atoms with Crippen molar-refractivity contribution in [3.63, 3.8) is 0 Å². The van der Waals surface area contributed by atoms with Gasteiger partial charge < -0.3 is 5.11 Å². The number of nitrogens with zero attached hydrogens (tertiary/aromatic N) is 3. The van der Waals surface area contributed by atoms with Gasteiger partial charge in [0.15, 0.2) is 0 Å². The van der Waals surface area contributed by atoms with E-state index in [0.29, 0.717) is 5.69 Å². The third kappa shape index (κ3) is 6.31. The fourth-order valence-corrected chi connectivity index (χ4v) is 6.77. The predicted octanol–water partition coefficient (Wildman–Crippen LogP) is 11.3. The largest absolute Gasteiger partial charge is 0.506 e. The quantitative estimate of drug-likeness (QED) is 0.176. The van der Waals surface area contributed by atoms with E-state index in [9.17, 15) is 5.11 Å². The maximum absolute atomic E-state index is 11.1. The van der Waals surface area contributed by atoms with E-state index in [1.807, 2.05) is 30.5 Å². The summed E-state index contributed by atoms with van der Waals surface area (Å²) < 4.78 is 2.11. The molecule has 3 heterocycles. The number of para-hydroxylation sites is 2. The topological polar surface area (TPSA) is 50.9 Å². The number of phenolic OH excluding ortho intramolecular Hbond substituents is 1. The smallest absolute Gasteiger partial charge is 0.139 e. The SMILES string of the molecule is CC(C)(C)c1ccc2c(c1)c1cc(C(C)(C)C)c(-c3[c-]c(C(C)(C)c4cc(-c5ccccc5)ccn4)ccc3)nc1n2-c1ccccc1O.[Pt]. The van der Waals surface area contributed by atoms with Crippen LogP contribution in [0, 0.1) is 6.07 Å². The molecule has 0 aliphatic heterocycles. The molecule has 0 radical (unpaired) electrons. The van der Waals surface area contributed by atoms with Gasteiger partial charge in [0.1, 0.15) is 11.4 Å². The van der Waals surface area contributed by atoms with Crippen LogP contribution in [0.1, 0.15) is 77.8 Å². The number of aromatic hydroxyl groups is 1. The van der Waals surface area contributed by atoms with Gasteiger partial charge >= 0.3 is 0 Å². The van der Waals surface area contributed by atoms with Crippen LogP contribution in [0.2, 0.25) is 0 Å². The summed E-state index contributed by atoms with van der Waals surface area (Å²) in [6.45, 7) is 17.9. The van der Waals surface area contributed by atoms with Gasteiger partial charge in [0.25, 0.3) is 0 Å². The van der Waals surface area contributed by atoms with Crippen molar-refractivity contribution in [3.8, 4) is 33.8 Å². The Bertz CT molecular complexity index is 2340. The number of hydrogen-bond acceptors (Lipinski definition) is 3. The molecule has 256 valence electrons. The summed E-state index contributed by atoms with van der Waals surface area (Å²) in [6.07, 6.45) is 1.90.